The Hall–Kier alpha value is -2.23. The molecule has 2 aromatic rings. The molecule has 0 amide bonds. The molecule has 0 spiro atoms. The number of rotatable bonds is 5. The normalized spacial score (nSPS) is 10.2. The molecule has 0 saturated heterocycles. The fourth-order valence-electron chi connectivity index (χ4n) is 1.78. The summed E-state index contributed by atoms with van der Waals surface area (Å²) in [5.41, 5.74) is 8.34. The van der Waals surface area contributed by atoms with Gasteiger partial charge in [-0.2, -0.15) is 0 Å². The predicted octanol–water partition coefficient (Wildman–Crippen LogP) is 3.42. The Morgan fingerprint density at radius 1 is 1.16 bits per heavy atom. The topological polar surface area (TPSA) is 47.3 Å². The van der Waals surface area contributed by atoms with E-state index >= 15 is 0 Å². The lowest BCUT2D eigenvalue weighted by molar-refractivity contribution is 0.340. The number of nitrogen functional groups attached to an aromatic ring is 1. The van der Waals surface area contributed by atoms with Gasteiger partial charge in [0.25, 0.3) is 0 Å². The molecule has 0 aromatic heterocycles. The molecule has 3 N–H and O–H groups in total. The van der Waals surface area contributed by atoms with Gasteiger partial charge in [-0.1, -0.05) is 12.1 Å². The Morgan fingerprint density at radius 3 is 2.58 bits per heavy atom. The number of anilines is 2. The summed E-state index contributed by atoms with van der Waals surface area (Å²) >= 11 is 0. The first-order valence-electron chi connectivity index (χ1n) is 6.19. The van der Waals surface area contributed by atoms with Crippen LogP contribution in [0.4, 0.5) is 15.8 Å². The van der Waals surface area contributed by atoms with Crippen LogP contribution in [-0.2, 0) is 6.54 Å². The first-order chi connectivity index (χ1) is 9.17. The van der Waals surface area contributed by atoms with Crippen LogP contribution >= 0.6 is 0 Å². The molecule has 0 bridgehead atoms. The Bertz CT molecular complexity index is 540. The molecule has 0 saturated carbocycles. The molecule has 0 fully saturated rings. The van der Waals surface area contributed by atoms with Gasteiger partial charge in [-0.05, 0) is 30.7 Å². The summed E-state index contributed by atoms with van der Waals surface area (Å²) in [5.74, 6) is 0.510. The van der Waals surface area contributed by atoms with Crippen molar-refractivity contribution in [1.29, 1.82) is 0 Å². The van der Waals surface area contributed by atoms with E-state index in [1.165, 1.54) is 12.1 Å². The summed E-state index contributed by atoms with van der Waals surface area (Å²) in [4.78, 5) is 0. The molecular weight excluding hydrogens is 243 g/mol. The summed E-state index contributed by atoms with van der Waals surface area (Å²) in [6, 6.07) is 11.9. The van der Waals surface area contributed by atoms with Crippen LogP contribution < -0.4 is 15.8 Å². The van der Waals surface area contributed by atoms with Crippen molar-refractivity contribution >= 4 is 11.4 Å². The number of nitrogens with two attached hydrogens (primary N) is 1. The molecule has 2 rings (SSSR count). The highest BCUT2D eigenvalue weighted by Crippen LogP contribution is 2.23. The lowest BCUT2D eigenvalue weighted by atomic mass is 10.2. The quantitative estimate of drug-likeness (QED) is 0.810. The van der Waals surface area contributed by atoms with Crippen molar-refractivity contribution in [2.24, 2.45) is 0 Å². The van der Waals surface area contributed by atoms with Crippen LogP contribution in [0.5, 0.6) is 5.75 Å². The van der Waals surface area contributed by atoms with Gasteiger partial charge in [0.05, 0.1) is 6.61 Å². The zero-order valence-corrected chi connectivity index (χ0v) is 10.8. The molecule has 0 aliphatic rings. The van der Waals surface area contributed by atoms with Crippen molar-refractivity contribution in [3.8, 4) is 5.75 Å². The van der Waals surface area contributed by atoms with E-state index in [1.54, 1.807) is 18.2 Å². The van der Waals surface area contributed by atoms with Gasteiger partial charge in [-0.3, -0.25) is 0 Å². The first kappa shape index (κ1) is 13.2. The van der Waals surface area contributed by atoms with E-state index in [2.05, 4.69) is 5.32 Å². The van der Waals surface area contributed by atoms with Gasteiger partial charge in [0.2, 0.25) is 0 Å². The molecule has 4 heteroatoms. The van der Waals surface area contributed by atoms with Crippen LogP contribution in [0.25, 0.3) is 0 Å². The van der Waals surface area contributed by atoms with E-state index in [1.807, 2.05) is 19.1 Å². The van der Waals surface area contributed by atoms with Crippen LogP contribution in [0, 0.1) is 5.82 Å². The van der Waals surface area contributed by atoms with Gasteiger partial charge in [-0.15, -0.1) is 0 Å². The molecular formula is C15H17FN2O. The zero-order valence-electron chi connectivity index (χ0n) is 10.8. The SMILES string of the molecule is CCOc1cc(N)cc(NCc2ccc(F)cc2)c1. The number of hydrogen-bond donors (Lipinski definition) is 2. The van der Waals surface area contributed by atoms with Crippen molar-refractivity contribution in [2.75, 3.05) is 17.7 Å². The van der Waals surface area contributed by atoms with Gasteiger partial charge in [0, 0.05) is 30.1 Å². The number of nitrogens with one attached hydrogen (secondary N) is 1. The van der Waals surface area contributed by atoms with Gasteiger partial charge < -0.3 is 15.8 Å². The van der Waals surface area contributed by atoms with Crippen molar-refractivity contribution < 1.29 is 9.13 Å². The molecule has 2 aromatic carbocycles. The Labute approximate surface area is 112 Å². The second kappa shape index (κ2) is 6.09. The van der Waals surface area contributed by atoms with Gasteiger partial charge in [0.15, 0.2) is 0 Å². The summed E-state index contributed by atoms with van der Waals surface area (Å²) in [6.45, 7) is 3.13. The highest BCUT2D eigenvalue weighted by atomic mass is 19.1. The maximum Gasteiger partial charge on any atom is 0.123 e. The second-order valence-electron chi connectivity index (χ2n) is 4.20. The maximum absolute atomic E-state index is 12.8. The highest BCUT2D eigenvalue weighted by molar-refractivity contribution is 5.59. The molecule has 0 aliphatic carbocycles. The number of ether oxygens (including phenoxy) is 1. The number of hydrogen-bond acceptors (Lipinski definition) is 3. The molecule has 0 unspecified atom stereocenters. The molecule has 19 heavy (non-hydrogen) atoms. The van der Waals surface area contributed by atoms with Crippen LogP contribution in [0.15, 0.2) is 42.5 Å². The van der Waals surface area contributed by atoms with E-state index in [-0.39, 0.29) is 5.82 Å². The molecule has 0 radical (unpaired) electrons. The van der Waals surface area contributed by atoms with E-state index in [9.17, 15) is 4.39 Å². The highest BCUT2D eigenvalue weighted by Gasteiger charge is 2.00. The van der Waals surface area contributed by atoms with Gasteiger partial charge >= 0.3 is 0 Å². The molecule has 0 atom stereocenters. The Kier molecular flexibility index (Phi) is 4.23. The average Bonchev–Trinajstić information content (AvgIpc) is 2.38. The summed E-state index contributed by atoms with van der Waals surface area (Å²) in [5, 5.41) is 3.24. The smallest absolute Gasteiger partial charge is 0.123 e. The second-order valence-corrected chi connectivity index (χ2v) is 4.20. The number of benzene rings is 2. The van der Waals surface area contributed by atoms with E-state index in [0.29, 0.717) is 18.8 Å². The van der Waals surface area contributed by atoms with Crippen LogP contribution in [0.2, 0.25) is 0 Å². The fourth-order valence-corrected chi connectivity index (χ4v) is 1.78. The third-order valence-electron chi connectivity index (χ3n) is 2.65. The van der Waals surface area contributed by atoms with Crippen molar-refractivity contribution in [3.05, 3.63) is 53.8 Å². The lowest BCUT2D eigenvalue weighted by Crippen LogP contribution is -2.01. The summed E-state index contributed by atoms with van der Waals surface area (Å²) in [6.07, 6.45) is 0. The fraction of sp³-hybridized carbons (Fsp3) is 0.200. The van der Waals surface area contributed by atoms with Gasteiger partial charge in [0.1, 0.15) is 11.6 Å². The lowest BCUT2D eigenvalue weighted by Gasteiger charge is -2.10. The van der Waals surface area contributed by atoms with Crippen molar-refractivity contribution in [3.63, 3.8) is 0 Å². The minimum Gasteiger partial charge on any atom is -0.494 e. The van der Waals surface area contributed by atoms with Crippen molar-refractivity contribution in [2.45, 2.75) is 13.5 Å². The van der Waals surface area contributed by atoms with Gasteiger partial charge in [-0.25, -0.2) is 4.39 Å². The van der Waals surface area contributed by atoms with E-state index in [0.717, 1.165) is 17.0 Å². The largest absolute Gasteiger partial charge is 0.494 e. The molecule has 0 aliphatic heterocycles. The van der Waals surface area contributed by atoms with E-state index in [4.69, 9.17) is 10.5 Å². The summed E-state index contributed by atoms with van der Waals surface area (Å²) < 4.78 is 18.2. The average molecular weight is 260 g/mol. The monoisotopic (exact) mass is 260 g/mol. The molecule has 0 heterocycles. The molecule has 3 nitrogen and oxygen atoms in total. The Morgan fingerprint density at radius 2 is 1.89 bits per heavy atom. The Balaban J connectivity index is 2.04. The zero-order chi connectivity index (χ0) is 13.7. The third-order valence-corrected chi connectivity index (χ3v) is 2.65. The minimum absolute atomic E-state index is 0.230. The maximum atomic E-state index is 12.8. The van der Waals surface area contributed by atoms with Crippen LogP contribution in [-0.4, -0.2) is 6.61 Å². The minimum atomic E-state index is -0.230. The third kappa shape index (κ3) is 3.88. The summed E-state index contributed by atoms with van der Waals surface area (Å²) in [7, 11) is 0. The first-order valence-corrected chi connectivity index (χ1v) is 6.19. The number of halogens is 1. The van der Waals surface area contributed by atoms with E-state index < -0.39 is 0 Å². The predicted molar refractivity (Wildman–Crippen MR) is 75.8 cm³/mol. The standard InChI is InChI=1S/C15H17FN2O/c1-2-19-15-8-13(17)7-14(9-15)18-10-11-3-5-12(16)6-4-11/h3-9,18H,2,10,17H2,1H3. The van der Waals surface area contributed by atoms with Crippen LogP contribution in [0.3, 0.4) is 0 Å². The van der Waals surface area contributed by atoms with Crippen LogP contribution in [0.1, 0.15) is 12.5 Å². The van der Waals surface area contributed by atoms with Crippen molar-refractivity contribution in [1.82, 2.24) is 0 Å². The molecule has 100 valence electrons.